The molecule has 1 saturated carbocycles. The molecule has 1 fully saturated rings. The third-order valence-corrected chi connectivity index (χ3v) is 6.29. The minimum absolute atomic E-state index is 0. The first kappa shape index (κ1) is 24.5. The number of thiazole rings is 1. The summed E-state index contributed by atoms with van der Waals surface area (Å²) in [5.41, 5.74) is 0. The van der Waals surface area contributed by atoms with Gasteiger partial charge in [0.2, 0.25) is 0 Å². The Kier molecular flexibility index (Phi) is 13.1. The molecule has 1 aliphatic carbocycles. The van der Waals surface area contributed by atoms with Crippen LogP contribution in [0.2, 0.25) is 0 Å². The molecule has 0 radical (unpaired) electrons. The van der Waals surface area contributed by atoms with Crippen LogP contribution in [-0.4, -0.2) is 48.4 Å². The number of aliphatic imine (C=N–C) groups is 1. The van der Waals surface area contributed by atoms with Crippen molar-refractivity contribution in [1.29, 1.82) is 0 Å². The van der Waals surface area contributed by atoms with E-state index < -0.39 is 0 Å². The predicted molar refractivity (Wildman–Crippen MR) is 124 cm³/mol. The highest BCUT2D eigenvalue weighted by Gasteiger charge is 2.27. The fourth-order valence-corrected chi connectivity index (χ4v) is 4.58. The van der Waals surface area contributed by atoms with E-state index >= 15 is 0 Å². The van der Waals surface area contributed by atoms with Crippen molar-refractivity contribution in [2.24, 2.45) is 10.9 Å². The van der Waals surface area contributed by atoms with Crippen LogP contribution in [0.3, 0.4) is 0 Å². The molecule has 0 atom stereocenters. The third-order valence-electron chi connectivity index (χ3n) is 4.24. The maximum atomic E-state index is 11.8. The lowest BCUT2D eigenvalue weighted by molar-refractivity contribution is -0.149. The molecule has 0 aliphatic heterocycles. The molecule has 0 spiro atoms. The van der Waals surface area contributed by atoms with Crippen molar-refractivity contribution in [3.8, 4) is 0 Å². The van der Waals surface area contributed by atoms with Gasteiger partial charge in [-0.05, 0) is 46.0 Å². The molecule has 0 aromatic carbocycles. The van der Waals surface area contributed by atoms with Crippen molar-refractivity contribution in [3.63, 3.8) is 0 Å². The van der Waals surface area contributed by atoms with Gasteiger partial charge in [0, 0.05) is 36.5 Å². The highest BCUT2D eigenvalue weighted by atomic mass is 127. The van der Waals surface area contributed by atoms with Gasteiger partial charge in [-0.25, -0.2) is 4.98 Å². The summed E-state index contributed by atoms with van der Waals surface area (Å²) in [5, 5.41) is 8.85. The van der Waals surface area contributed by atoms with Gasteiger partial charge in [0.25, 0.3) is 0 Å². The Hall–Kier alpha value is -0.550. The second-order valence-electron chi connectivity index (χ2n) is 6.21. The number of hydrogen-bond donors (Lipinski definition) is 2. The van der Waals surface area contributed by atoms with Crippen LogP contribution in [0, 0.1) is 5.92 Å². The molecule has 1 heterocycles. The average molecular weight is 527 g/mol. The van der Waals surface area contributed by atoms with Gasteiger partial charge in [-0.3, -0.25) is 9.79 Å². The first-order valence-corrected chi connectivity index (χ1v) is 11.3. The van der Waals surface area contributed by atoms with Crippen molar-refractivity contribution in [2.45, 2.75) is 56.3 Å². The van der Waals surface area contributed by atoms with E-state index in [-0.39, 0.29) is 35.9 Å². The minimum atomic E-state index is -0.0377. The van der Waals surface area contributed by atoms with E-state index in [4.69, 9.17) is 4.74 Å². The monoisotopic (exact) mass is 526 g/mol. The smallest absolute Gasteiger partial charge is 0.308 e. The van der Waals surface area contributed by atoms with Crippen molar-refractivity contribution in [2.75, 3.05) is 25.4 Å². The fourth-order valence-electron chi connectivity index (χ4n) is 2.94. The van der Waals surface area contributed by atoms with Crippen LogP contribution in [0.5, 0.6) is 0 Å². The highest BCUT2D eigenvalue weighted by Crippen LogP contribution is 2.25. The number of aromatic nitrogens is 1. The van der Waals surface area contributed by atoms with E-state index in [1.54, 1.807) is 23.1 Å². The number of rotatable bonds is 9. The normalized spacial score (nSPS) is 19.9. The van der Waals surface area contributed by atoms with E-state index in [0.29, 0.717) is 12.6 Å². The van der Waals surface area contributed by atoms with Gasteiger partial charge in [0.1, 0.15) is 4.34 Å². The number of hydrogen-bond acceptors (Lipinski definition) is 6. The van der Waals surface area contributed by atoms with Gasteiger partial charge in [-0.1, -0.05) is 11.8 Å². The number of nitrogens with one attached hydrogen (secondary N) is 2. The molecule has 0 unspecified atom stereocenters. The molecule has 1 aromatic rings. The van der Waals surface area contributed by atoms with Crippen LogP contribution in [0.15, 0.2) is 20.9 Å². The number of nitrogens with zero attached hydrogens (tertiary/aromatic N) is 2. The van der Waals surface area contributed by atoms with E-state index in [2.05, 4.69) is 27.5 Å². The topological polar surface area (TPSA) is 75.6 Å². The Labute approximate surface area is 187 Å². The van der Waals surface area contributed by atoms with Gasteiger partial charge in [-0.2, -0.15) is 0 Å². The number of ether oxygens (including phenoxy) is 1. The Bertz CT molecular complexity index is 550. The molecule has 2 rings (SSSR count). The summed E-state index contributed by atoms with van der Waals surface area (Å²) < 4.78 is 6.26. The van der Waals surface area contributed by atoms with Gasteiger partial charge < -0.3 is 15.4 Å². The van der Waals surface area contributed by atoms with Crippen LogP contribution in [0.1, 0.15) is 46.0 Å². The van der Waals surface area contributed by atoms with Crippen LogP contribution >= 0.6 is 47.1 Å². The average Bonchev–Trinajstić information content (AvgIpc) is 3.16. The number of halogens is 1. The number of guanidine groups is 1. The van der Waals surface area contributed by atoms with Crippen LogP contribution in [0.25, 0.3) is 0 Å². The molecule has 6 nitrogen and oxygen atoms in total. The Balaban J connectivity index is 0.00000364. The van der Waals surface area contributed by atoms with Crippen molar-refractivity contribution < 1.29 is 9.53 Å². The van der Waals surface area contributed by atoms with Crippen LogP contribution in [-0.2, 0) is 9.53 Å². The third kappa shape index (κ3) is 9.47. The van der Waals surface area contributed by atoms with Crippen LogP contribution in [0.4, 0.5) is 0 Å². The number of thioether (sulfide) groups is 1. The van der Waals surface area contributed by atoms with Crippen molar-refractivity contribution in [1.82, 2.24) is 15.6 Å². The molecule has 154 valence electrons. The summed E-state index contributed by atoms with van der Waals surface area (Å²) in [6.45, 7) is 6.05. The summed E-state index contributed by atoms with van der Waals surface area (Å²) in [6, 6.07) is 0.378. The second-order valence-corrected chi connectivity index (χ2v) is 8.44. The Morgan fingerprint density at radius 3 is 2.78 bits per heavy atom. The molecule has 1 aliphatic rings. The zero-order valence-corrected chi connectivity index (χ0v) is 20.1. The largest absolute Gasteiger partial charge is 0.466 e. The van der Waals surface area contributed by atoms with E-state index in [9.17, 15) is 4.79 Å². The summed E-state index contributed by atoms with van der Waals surface area (Å²) in [4.78, 5) is 20.8. The summed E-state index contributed by atoms with van der Waals surface area (Å²) in [5.74, 6) is 1.94. The SMILES string of the molecule is CCNC(=NCCCSc1nccs1)NC1CCC(C(=O)OCC)CC1.I. The van der Waals surface area contributed by atoms with Crippen molar-refractivity contribution in [3.05, 3.63) is 11.6 Å². The molecule has 0 amide bonds. The van der Waals surface area contributed by atoms with E-state index in [1.165, 1.54) is 0 Å². The first-order valence-electron chi connectivity index (χ1n) is 9.46. The maximum Gasteiger partial charge on any atom is 0.308 e. The fraction of sp³-hybridized carbons (Fsp3) is 0.722. The molecule has 0 saturated heterocycles. The van der Waals surface area contributed by atoms with Crippen LogP contribution < -0.4 is 10.6 Å². The quantitative estimate of drug-likeness (QED) is 0.127. The maximum absolute atomic E-state index is 11.8. The molecule has 0 bridgehead atoms. The van der Waals surface area contributed by atoms with E-state index in [0.717, 1.165) is 61.2 Å². The Morgan fingerprint density at radius 1 is 1.37 bits per heavy atom. The highest BCUT2D eigenvalue weighted by molar-refractivity contribution is 14.0. The molecule has 27 heavy (non-hydrogen) atoms. The van der Waals surface area contributed by atoms with Gasteiger partial charge in [-0.15, -0.1) is 35.3 Å². The lowest BCUT2D eigenvalue weighted by Gasteiger charge is -2.29. The molecule has 1 aromatic heterocycles. The van der Waals surface area contributed by atoms with Crippen molar-refractivity contribution >= 4 is 59.0 Å². The Morgan fingerprint density at radius 2 is 2.15 bits per heavy atom. The van der Waals surface area contributed by atoms with E-state index in [1.807, 2.05) is 18.5 Å². The number of carbonyl (C=O) groups excluding carboxylic acids is 1. The summed E-state index contributed by atoms with van der Waals surface area (Å²) in [6.07, 6.45) is 6.60. The minimum Gasteiger partial charge on any atom is -0.466 e. The first-order chi connectivity index (χ1) is 12.7. The lowest BCUT2D eigenvalue weighted by atomic mass is 9.86. The number of esters is 1. The predicted octanol–water partition coefficient (Wildman–Crippen LogP) is 3.92. The summed E-state index contributed by atoms with van der Waals surface area (Å²) >= 11 is 3.47. The molecular weight excluding hydrogens is 495 g/mol. The standard InChI is InChI=1S/C18H30N4O2S2.HI/c1-3-19-17(20-10-5-12-25-18-21-11-13-26-18)22-15-8-6-14(7-9-15)16(23)24-4-2;/h11,13-15H,3-10,12H2,1-2H3,(H2,19,20,22);1H. The number of carbonyl (C=O) groups is 1. The van der Waals surface area contributed by atoms with Gasteiger partial charge in [0.05, 0.1) is 12.5 Å². The zero-order valence-electron chi connectivity index (χ0n) is 16.1. The van der Waals surface area contributed by atoms with Gasteiger partial charge in [0.15, 0.2) is 5.96 Å². The second kappa shape index (κ2) is 14.4. The summed E-state index contributed by atoms with van der Waals surface area (Å²) in [7, 11) is 0. The molecule has 2 N–H and O–H groups in total. The zero-order chi connectivity index (χ0) is 18.6. The molecule has 9 heteroatoms. The molecular formula is C18H31IN4O2S2. The van der Waals surface area contributed by atoms with Gasteiger partial charge >= 0.3 is 5.97 Å². The lowest BCUT2D eigenvalue weighted by Crippen LogP contribution is -2.45.